The molecule has 0 aliphatic carbocycles. The fraction of sp³-hybridized carbons (Fsp3) is 0.316. The molecule has 0 spiro atoms. The topological polar surface area (TPSA) is 43.4 Å². The highest BCUT2D eigenvalue weighted by Crippen LogP contribution is 2.32. The Hall–Kier alpha value is -2.40. The summed E-state index contributed by atoms with van der Waals surface area (Å²) in [6.45, 7) is 4.32. The quantitative estimate of drug-likeness (QED) is 0.607. The number of hydrogen-bond donors (Lipinski definition) is 1. The van der Waals surface area contributed by atoms with E-state index in [0.717, 1.165) is 22.2 Å². The molecule has 0 radical (unpaired) electrons. The van der Waals surface area contributed by atoms with Gasteiger partial charge in [-0.1, -0.05) is 6.92 Å². The standard InChI is InChI=1S/C19H23FN2O2/c1-5-6-18(15(20)7-9-21-3)24-17-8-10-22-16-11-13(2)19(23-4)12-14(16)17/h6-8,10-12,21H,5,9H2,1-4H3/b15-7+,18-6+. The van der Waals surface area contributed by atoms with Crippen molar-refractivity contribution in [3.8, 4) is 11.5 Å². The monoisotopic (exact) mass is 330 g/mol. The van der Waals surface area contributed by atoms with Gasteiger partial charge in [0, 0.05) is 18.1 Å². The molecule has 0 fully saturated rings. The maximum atomic E-state index is 14.3. The van der Waals surface area contributed by atoms with Gasteiger partial charge in [0.05, 0.1) is 12.6 Å². The van der Waals surface area contributed by atoms with E-state index in [1.54, 1.807) is 32.5 Å². The Bertz CT molecular complexity index is 769. The number of allylic oxidation sites excluding steroid dienone is 2. The van der Waals surface area contributed by atoms with Gasteiger partial charge in [-0.3, -0.25) is 4.98 Å². The van der Waals surface area contributed by atoms with Crippen LogP contribution < -0.4 is 14.8 Å². The zero-order chi connectivity index (χ0) is 17.5. The van der Waals surface area contributed by atoms with Crippen LogP contribution in [0.2, 0.25) is 0 Å². The van der Waals surface area contributed by atoms with Crippen LogP contribution in [0, 0.1) is 6.92 Å². The summed E-state index contributed by atoms with van der Waals surface area (Å²) in [6, 6.07) is 5.52. The van der Waals surface area contributed by atoms with E-state index in [1.807, 2.05) is 26.0 Å². The molecule has 0 saturated carbocycles. The van der Waals surface area contributed by atoms with E-state index in [-0.39, 0.29) is 5.76 Å². The number of ether oxygens (including phenoxy) is 2. The molecule has 5 heteroatoms. The Kier molecular flexibility index (Phi) is 6.32. The number of nitrogens with zero attached hydrogens (tertiary/aromatic N) is 1. The minimum absolute atomic E-state index is 0.208. The van der Waals surface area contributed by atoms with Gasteiger partial charge < -0.3 is 14.8 Å². The molecule has 0 saturated heterocycles. The summed E-state index contributed by atoms with van der Waals surface area (Å²) >= 11 is 0. The average Bonchev–Trinajstić information content (AvgIpc) is 2.58. The van der Waals surface area contributed by atoms with Crippen LogP contribution in [-0.2, 0) is 0 Å². The van der Waals surface area contributed by atoms with Crippen molar-refractivity contribution in [2.75, 3.05) is 20.7 Å². The number of aryl methyl sites for hydroxylation is 1. The Labute approximate surface area is 142 Å². The molecule has 24 heavy (non-hydrogen) atoms. The molecule has 128 valence electrons. The summed E-state index contributed by atoms with van der Waals surface area (Å²) < 4.78 is 25.6. The van der Waals surface area contributed by atoms with Gasteiger partial charge in [0.1, 0.15) is 11.5 Å². The average molecular weight is 330 g/mol. The van der Waals surface area contributed by atoms with Gasteiger partial charge >= 0.3 is 0 Å². The van der Waals surface area contributed by atoms with E-state index in [0.29, 0.717) is 18.7 Å². The molecule has 4 nitrogen and oxygen atoms in total. The van der Waals surface area contributed by atoms with Crippen molar-refractivity contribution in [3.05, 3.63) is 53.7 Å². The van der Waals surface area contributed by atoms with Crippen molar-refractivity contribution in [1.29, 1.82) is 0 Å². The number of nitrogens with one attached hydrogen (secondary N) is 1. The highest BCUT2D eigenvalue weighted by molar-refractivity contribution is 5.87. The van der Waals surface area contributed by atoms with Crippen molar-refractivity contribution >= 4 is 10.9 Å². The summed E-state index contributed by atoms with van der Waals surface area (Å²) in [7, 11) is 3.38. The lowest BCUT2D eigenvalue weighted by molar-refractivity contribution is 0.401. The molecule has 1 N–H and O–H groups in total. The van der Waals surface area contributed by atoms with Crippen LogP contribution in [0.5, 0.6) is 11.5 Å². The number of methoxy groups -OCH3 is 1. The number of likely N-dealkylation sites (N-methyl/N-ethyl adjacent to an activating group) is 1. The number of halogens is 1. The predicted octanol–water partition coefficient (Wildman–Crippen LogP) is 4.30. The van der Waals surface area contributed by atoms with E-state index in [4.69, 9.17) is 9.47 Å². The Morgan fingerprint density at radius 3 is 2.75 bits per heavy atom. The summed E-state index contributed by atoms with van der Waals surface area (Å²) in [4.78, 5) is 4.35. The fourth-order valence-corrected chi connectivity index (χ4v) is 2.34. The normalized spacial score (nSPS) is 12.5. The van der Waals surface area contributed by atoms with Gasteiger partial charge in [0.15, 0.2) is 11.6 Å². The van der Waals surface area contributed by atoms with E-state index in [1.165, 1.54) is 6.08 Å². The first-order chi connectivity index (χ1) is 11.6. The smallest absolute Gasteiger partial charge is 0.162 e. The minimum atomic E-state index is -0.393. The van der Waals surface area contributed by atoms with Gasteiger partial charge in [0.2, 0.25) is 0 Å². The number of pyridine rings is 1. The van der Waals surface area contributed by atoms with Crippen molar-refractivity contribution in [2.45, 2.75) is 20.3 Å². The summed E-state index contributed by atoms with van der Waals surface area (Å²) in [5.41, 5.74) is 1.76. The highest BCUT2D eigenvalue weighted by atomic mass is 19.1. The fourth-order valence-electron chi connectivity index (χ4n) is 2.34. The minimum Gasteiger partial charge on any atom is -0.496 e. The molecule has 0 unspecified atom stereocenters. The van der Waals surface area contributed by atoms with Gasteiger partial charge in [0.25, 0.3) is 0 Å². The molecule has 0 atom stereocenters. The SMILES string of the molecule is CC/C=C(Oc1ccnc2cc(C)c(OC)cc12)\C(F)=C/CNC. The van der Waals surface area contributed by atoms with Crippen LogP contribution in [0.4, 0.5) is 4.39 Å². The maximum Gasteiger partial charge on any atom is 0.162 e. The Balaban J connectivity index is 2.45. The van der Waals surface area contributed by atoms with E-state index >= 15 is 0 Å². The molecule has 0 bridgehead atoms. The predicted molar refractivity (Wildman–Crippen MR) is 95.2 cm³/mol. The molecule has 2 rings (SSSR count). The van der Waals surface area contributed by atoms with Crippen molar-refractivity contribution in [3.63, 3.8) is 0 Å². The lowest BCUT2D eigenvalue weighted by Crippen LogP contribution is -2.06. The summed E-state index contributed by atoms with van der Waals surface area (Å²) in [5, 5.41) is 3.67. The molecular formula is C19H23FN2O2. The van der Waals surface area contributed by atoms with Crippen LogP contribution in [-0.4, -0.2) is 25.7 Å². The molecule has 0 amide bonds. The first kappa shape index (κ1) is 17.9. The highest BCUT2D eigenvalue weighted by Gasteiger charge is 2.12. The van der Waals surface area contributed by atoms with Crippen LogP contribution in [0.3, 0.4) is 0 Å². The molecule has 0 aliphatic heterocycles. The van der Waals surface area contributed by atoms with Gasteiger partial charge in [-0.25, -0.2) is 4.39 Å². The number of rotatable bonds is 7. The van der Waals surface area contributed by atoms with E-state index < -0.39 is 5.83 Å². The zero-order valence-corrected chi connectivity index (χ0v) is 14.5. The molecule has 1 aromatic carbocycles. The first-order valence-corrected chi connectivity index (χ1v) is 7.92. The third-order valence-electron chi connectivity index (χ3n) is 3.55. The second kappa shape index (κ2) is 8.45. The van der Waals surface area contributed by atoms with Crippen molar-refractivity contribution in [1.82, 2.24) is 10.3 Å². The largest absolute Gasteiger partial charge is 0.496 e. The molecule has 0 aliphatic rings. The van der Waals surface area contributed by atoms with Crippen LogP contribution in [0.15, 0.2) is 48.1 Å². The van der Waals surface area contributed by atoms with Crippen LogP contribution in [0.1, 0.15) is 18.9 Å². The number of aromatic nitrogens is 1. The molecule has 1 heterocycles. The molecule has 2 aromatic rings. The van der Waals surface area contributed by atoms with E-state index in [2.05, 4.69) is 10.3 Å². The third kappa shape index (κ3) is 4.11. The van der Waals surface area contributed by atoms with Gasteiger partial charge in [-0.2, -0.15) is 0 Å². The number of hydrogen-bond acceptors (Lipinski definition) is 4. The zero-order valence-electron chi connectivity index (χ0n) is 14.5. The summed E-state index contributed by atoms with van der Waals surface area (Å²) in [6.07, 6.45) is 5.50. The lowest BCUT2D eigenvalue weighted by Gasteiger charge is -2.13. The van der Waals surface area contributed by atoms with Gasteiger partial charge in [-0.05, 0) is 56.3 Å². The number of fused-ring (bicyclic) bond motifs is 1. The van der Waals surface area contributed by atoms with E-state index in [9.17, 15) is 4.39 Å². The number of benzene rings is 1. The third-order valence-corrected chi connectivity index (χ3v) is 3.55. The second-order valence-electron chi connectivity index (χ2n) is 5.34. The summed E-state index contributed by atoms with van der Waals surface area (Å²) in [5.74, 6) is 1.11. The lowest BCUT2D eigenvalue weighted by atomic mass is 10.1. The van der Waals surface area contributed by atoms with Gasteiger partial charge in [-0.15, -0.1) is 0 Å². The van der Waals surface area contributed by atoms with Crippen molar-refractivity contribution < 1.29 is 13.9 Å². The second-order valence-corrected chi connectivity index (χ2v) is 5.34. The molecule has 1 aromatic heterocycles. The van der Waals surface area contributed by atoms with Crippen LogP contribution >= 0.6 is 0 Å². The maximum absolute atomic E-state index is 14.3. The Morgan fingerprint density at radius 1 is 1.29 bits per heavy atom. The van der Waals surface area contributed by atoms with Crippen LogP contribution in [0.25, 0.3) is 10.9 Å². The molecular weight excluding hydrogens is 307 g/mol. The first-order valence-electron chi connectivity index (χ1n) is 7.92. The Morgan fingerprint density at radius 2 is 2.08 bits per heavy atom. The van der Waals surface area contributed by atoms with Crippen molar-refractivity contribution in [2.24, 2.45) is 0 Å².